The Hall–Kier alpha value is -0.930. The van der Waals surface area contributed by atoms with Crippen LogP contribution in [-0.4, -0.2) is 17.8 Å². The smallest absolute Gasteiger partial charge is 0.123 e. The van der Waals surface area contributed by atoms with Crippen LogP contribution in [0.5, 0.6) is 0 Å². The van der Waals surface area contributed by atoms with Crippen molar-refractivity contribution in [1.82, 2.24) is 5.32 Å². The van der Waals surface area contributed by atoms with Gasteiger partial charge in [0, 0.05) is 6.04 Å². The maximum atomic E-state index is 13.4. The van der Waals surface area contributed by atoms with E-state index in [1.165, 1.54) is 37.8 Å². The molecule has 0 spiro atoms. The summed E-state index contributed by atoms with van der Waals surface area (Å²) in [5, 5.41) is 13.3. The monoisotopic (exact) mass is 265 g/mol. The molecule has 1 saturated carbocycles. The third-order valence-corrected chi connectivity index (χ3v) is 4.16. The van der Waals surface area contributed by atoms with Crippen molar-refractivity contribution in [3.8, 4) is 0 Å². The molecule has 1 unspecified atom stereocenters. The van der Waals surface area contributed by atoms with Crippen LogP contribution < -0.4 is 5.32 Å². The summed E-state index contributed by atoms with van der Waals surface area (Å²) in [7, 11) is 0. The topological polar surface area (TPSA) is 32.3 Å². The fourth-order valence-corrected chi connectivity index (χ4v) is 2.93. The predicted molar refractivity (Wildman–Crippen MR) is 75.5 cm³/mol. The Bertz CT molecular complexity index is 401. The molecule has 0 bridgehead atoms. The zero-order chi connectivity index (χ0) is 13.7. The lowest BCUT2D eigenvalue weighted by Crippen LogP contribution is -2.48. The number of benzene rings is 1. The minimum Gasteiger partial charge on any atom is -0.394 e. The van der Waals surface area contributed by atoms with Crippen LogP contribution in [0.25, 0.3) is 0 Å². The molecule has 1 fully saturated rings. The van der Waals surface area contributed by atoms with Crippen molar-refractivity contribution in [2.24, 2.45) is 0 Å². The number of nitrogens with one attached hydrogen (secondary N) is 1. The predicted octanol–water partition coefficient (Wildman–Crippen LogP) is 3.35. The molecule has 0 saturated heterocycles. The third-order valence-electron chi connectivity index (χ3n) is 4.16. The third kappa shape index (κ3) is 3.77. The molecule has 19 heavy (non-hydrogen) atoms. The minimum atomic E-state index is -0.558. The molecule has 106 valence electrons. The van der Waals surface area contributed by atoms with E-state index < -0.39 is 5.54 Å². The summed E-state index contributed by atoms with van der Waals surface area (Å²) in [5.74, 6) is -0.250. The normalized spacial score (nSPS) is 20.8. The van der Waals surface area contributed by atoms with Gasteiger partial charge < -0.3 is 10.4 Å². The molecule has 1 aromatic carbocycles. The second kappa shape index (κ2) is 6.49. The average Bonchev–Trinajstić information content (AvgIpc) is 2.67. The van der Waals surface area contributed by atoms with Crippen LogP contribution in [0.2, 0.25) is 0 Å². The van der Waals surface area contributed by atoms with Crippen molar-refractivity contribution in [1.29, 1.82) is 0 Å². The zero-order valence-electron chi connectivity index (χ0n) is 11.7. The maximum absolute atomic E-state index is 13.4. The first kappa shape index (κ1) is 14.5. The van der Waals surface area contributed by atoms with Crippen molar-refractivity contribution in [3.63, 3.8) is 0 Å². The van der Waals surface area contributed by atoms with Gasteiger partial charge in [0.25, 0.3) is 0 Å². The fourth-order valence-electron chi connectivity index (χ4n) is 2.93. The second-order valence-electron chi connectivity index (χ2n) is 5.83. The Balaban J connectivity index is 2.12. The number of rotatable bonds is 4. The molecule has 0 aliphatic heterocycles. The summed E-state index contributed by atoms with van der Waals surface area (Å²) < 4.78 is 13.4. The zero-order valence-corrected chi connectivity index (χ0v) is 11.7. The summed E-state index contributed by atoms with van der Waals surface area (Å²) in [6.45, 7) is 1.93. The quantitative estimate of drug-likeness (QED) is 0.818. The highest BCUT2D eigenvalue weighted by Gasteiger charge is 2.29. The molecule has 3 heteroatoms. The van der Waals surface area contributed by atoms with Crippen LogP contribution in [0, 0.1) is 5.82 Å². The van der Waals surface area contributed by atoms with Crippen LogP contribution in [0.4, 0.5) is 4.39 Å². The summed E-state index contributed by atoms with van der Waals surface area (Å²) >= 11 is 0. The fraction of sp³-hybridized carbons (Fsp3) is 0.625. The van der Waals surface area contributed by atoms with Crippen LogP contribution in [0.1, 0.15) is 51.0 Å². The lowest BCUT2D eigenvalue weighted by Gasteiger charge is -2.34. The number of aliphatic hydroxyl groups is 1. The second-order valence-corrected chi connectivity index (χ2v) is 5.83. The number of hydrogen-bond donors (Lipinski definition) is 2. The van der Waals surface area contributed by atoms with Gasteiger partial charge in [0.15, 0.2) is 0 Å². The molecular formula is C16H24FNO. The Morgan fingerprint density at radius 3 is 2.53 bits per heavy atom. The lowest BCUT2D eigenvalue weighted by atomic mass is 9.90. The SMILES string of the molecule is CC(CO)(NC1CCCCCC1)c1cccc(F)c1. The van der Waals surface area contributed by atoms with Gasteiger partial charge in [0.05, 0.1) is 12.1 Å². The van der Waals surface area contributed by atoms with Gasteiger partial charge in [-0.1, -0.05) is 37.8 Å². The molecule has 2 N–H and O–H groups in total. The van der Waals surface area contributed by atoms with Gasteiger partial charge in [-0.15, -0.1) is 0 Å². The van der Waals surface area contributed by atoms with E-state index in [-0.39, 0.29) is 12.4 Å². The standard InChI is InChI=1S/C16H24FNO/c1-16(12-19,13-7-6-8-14(17)11-13)18-15-9-4-2-3-5-10-15/h6-8,11,15,18-19H,2-5,9-10,12H2,1H3. The molecule has 1 atom stereocenters. The molecule has 0 aromatic heterocycles. The van der Waals surface area contributed by atoms with Gasteiger partial charge in [0.2, 0.25) is 0 Å². The Labute approximate surface area is 115 Å². The lowest BCUT2D eigenvalue weighted by molar-refractivity contribution is 0.156. The van der Waals surface area contributed by atoms with E-state index in [0.29, 0.717) is 6.04 Å². The Morgan fingerprint density at radius 1 is 1.26 bits per heavy atom. The molecular weight excluding hydrogens is 241 g/mol. The molecule has 2 rings (SSSR count). The summed E-state index contributed by atoms with van der Waals surface area (Å²) in [6, 6.07) is 6.95. The molecule has 2 nitrogen and oxygen atoms in total. The molecule has 0 radical (unpaired) electrons. The van der Waals surface area contributed by atoms with Crippen LogP contribution >= 0.6 is 0 Å². The Kier molecular flexibility index (Phi) is 4.94. The van der Waals surface area contributed by atoms with E-state index in [1.54, 1.807) is 6.07 Å². The van der Waals surface area contributed by atoms with Gasteiger partial charge in [-0.2, -0.15) is 0 Å². The maximum Gasteiger partial charge on any atom is 0.123 e. The van der Waals surface area contributed by atoms with Crippen molar-refractivity contribution in [2.75, 3.05) is 6.61 Å². The van der Waals surface area contributed by atoms with E-state index in [9.17, 15) is 9.50 Å². The van der Waals surface area contributed by atoms with Gasteiger partial charge >= 0.3 is 0 Å². The highest BCUT2D eigenvalue weighted by Crippen LogP contribution is 2.25. The first-order valence-electron chi connectivity index (χ1n) is 7.29. The van der Waals surface area contributed by atoms with E-state index >= 15 is 0 Å². The summed E-state index contributed by atoms with van der Waals surface area (Å²) in [4.78, 5) is 0. The van der Waals surface area contributed by atoms with E-state index in [0.717, 1.165) is 18.4 Å². The molecule has 1 aromatic rings. The highest BCUT2D eigenvalue weighted by molar-refractivity contribution is 5.25. The highest BCUT2D eigenvalue weighted by atomic mass is 19.1. The molecule has 0 heterocycles. The van der Waals surface area contributed by atoms with E-state index in [4.69, 9.17) is 0 Å². The number of hydrogen-bond acceptors (Lipinski definition) is 2. The van der Waals surface area contributed by atoms with Gasteiger partial charge in [-0.3, -0.25) is 0 Å². The van der Waals surface area contributed by atoms with Crippen molar-refractivity contribution in [2.45, 2.75) is 57.0 Å². The van der Waals surface area contributed by atoms with Gasteiger partial charge in [-0.05, 0) is 37.5 Å². The molecule has 0 amide bonds. The largest absolute Gasteiger partial charge is 0.394 e. The van der Waals surface area contributed by atoms with E-state index in [2.05, 4.69) is 5.32 Å². The minimum absolute atomic E-state index is 0.0209. The van der Waals surface area contributed by atoms with Crippen LogP contribution in [-0.2, 0) is 5.54 Å². The summed E-state index contributed by atoms with van der Waals surface area (Å²) in [6.07, 6.45) is 7.36. The van der Waals surface area contributed by atoms with Crippen molar-refractivity contribution >= 4 is 0 Å². The number of aliphatic hydroxyl groups excluding tert-OH is 1. The van der Waals surface area contributed by atoms with Crippen molar-refractivity contribution in [3.05, 3.63) is 35.6 Å². The van der Waals surface area contributed by atoms with Crippen molar-refractivity contribution < 1.29 is 9.50 Å². The summed E-state index contributed by atoms with van der Waals surface area (Å²) in [5.41, 5.74) is 0.260. The first-order valence-corrected chi connectivity index (χ1v) is 7.29. The van der Waals surface area contributed by atoms with Gasteiger partial charge in [0.1, 0.15) is 5.82 Å². The van der Waals surface area contributed by atoms with Crippen LogP contribution in [0.15, 0.2) is 24.3 Å². The molecule has 1 aliphatic carbocycles. The first-order chi connectivity index (χ1) is 9.14. The number of halogens is 1. The van der Waals surface area contributed by atoms with Gasteiger partial charge in [-0.25, -0.2) is 4.39 Å². The average molecular weight is 265 g/mol. The molecule has 1 aliphatic rings. The van der Waals surface area contributed by atoms with E-state index in [1.807, 2.05) is 13.0 Å². The Morgan fingerprint density at radius 2 is 1.95 bits per heavy atom. The van der Waals surface area contributed by atoms with Crippen LogP contribution in [0.3, 0.4) is 0 Å².